The molecule has 2 atom stereocenters. The van der Waals surface area contributed by atoms with E-state index in [0.29, 0.717) is 37.1 Å². The van der Waals surface area contributed by atoms with E-state index >= 15 is 0 Å². The van der Waals surface area contributed by atoms with E-state index in [0.717, 1.165) is 17.5 Å². The number of rotatable bonds is 7. The van der Waals surface area contributed by atoms with E-state index in [9.17, 15) is 14.4 Å². The van der Waals surface area contributed by atoms with Gasteiger partial charge in [-0.3, -0.25) is 14.4 Å². The van der Waals surface area contributed by atoms with Gasteiger partial charge in [0, 0.05) is 30.3 Å². The van der Waals surface area contributed by atoms with Gasteiger partial charge in [-0.05, 0) is 69.7 Å². The molecule has 1 fully saturated rings. The Morgan fingerprint density at radius 2 is 1.70 bits per heavy atom. The van der Waals surface area contributed by atoms with Crippen LogP contribution in [-0.4, -0.2) is 47.8 Å². The van der Waals surface area contributed by atoms with E-state index in [4.69, 9.17) is 0 Å². The molecule has 0 aromatic heterocycles. The summed E-state index contributed by atoms with van der Waals surface area (Å²) in [6.45, 7) is 8.96. The van der Waals surface area contributed by atoms with Crippen LogP contribution in [0.5, 0.6) is 0 Å². The first-order chi connectivity index (χ1) is 15.8. The molecule has 2 aromatic carbocycles. The van der Waals surface area contributed by atoms with Crippen LogP contribution in [0.15, 0.2) is 48.5 Å². The SMILES string of the molecule is CCC(C)NC(=O)C(NC(=O)c1ccccc1C)C1CCN(C(=O)c2cccc(C)c2)CC1. The number of hydrogen-bond donors (Lipinski definition) is 2. The second-order valence-electron chi connectivity index (χ2n) is 9.08. The lowest BCUT2D eigenvalue weighted by Crippen LogP contribution is -2.55. The first-order valence-electron chi connectivity index (χ1n) is 11.8. The van der Waals surface area contributed by atoms with Gasteiger partial charge in [0.1, 0.15) is 6.04 Å². The Morgan fingerprint density at radius 1 is 1.00 bits per heavy atom. The van der Waals surface area contributed by atoms with Gasteiger partial charge in [0.2, 0.25) is 5.91 Å². The van der Waals surface area contributed by atoms with Gasteiger partial charge in [0.15, 0.2) is 0 Å². The first kappa shape index (κ1) is 24.5. The van der Waals surface area contributed by atoms with Crippen LogP contribution in [0.1, 0.15) is 65.0 Å². The maximum absolute atomic E-state index is 13.1. The van der Waals surface area contributed by atoms with E-state index in [-0.39, 0.29) is 29.7 Å². The van der Waals surface area contributed by atoms with Gasteiger partial charge in [-0.25, -0.2) is 0 Å². The van der Waals surface area contributed by atoms with Crippen LogP contribution in [0.3, 0.4) is 0 Å². The molecule has 0 aliphatic carbocycles. The average Bonchev–Trinajstić information content (AvgIpc) is 2.82. The molecule has 0 radical (unpaired) electrons. The Hall–Kier alpha value is -3.15. The molecule has 0 saturated carbocycles. The molecular weight excluding hydrogens is 414 g/mol. The third kappa shape index (κ3) is 6.21. The highest BCUT2D eigenvalue weighted by molar-refractivity contribution is 5.99. The molecule has 2 N–H and O–H groups in total. The van der Waals surface area contributed by atoms with Crippen molar-refractivity contribution < 1.29 is 14.4 Å². The predicted molar refractivity (Wildman–Crippen MR) is 130 cm³/mol. The van der Waals surface area contributed by atoms with E-state index in [2.05, 4.69) is 10.6 Å². The zero-order valence-corrected chi connectivity index (χ0v) is 20.1. The third-order valence-electron chi connectivity index (χ3n) is 6.52. The van der Waals surface area contributed by atoms with Gasteiger partial charge in [0.05, 0.1) is 0 Å². The Balaban J connectivity index is 1.71. The standard InChI is InChI=1S/C27H35N3O3/c1-5-20(4)28-26(32)24(29-25(31)23-12-7-6-10-19(23)3)21-13-15-30(16-14-21)27(33)22-11-8-9-18(2)17-22/h6-12,17,20-21,24H,5,13-16H2,1-4H3,(H,28,32)(H,29,31). The number of aryl methyl sites for hydroxylation is 2. The first-order valence-corrected chi connectivity index (χ1v) is 11.8. The molecule has 33 heavy (non-hydrogen) atoms. The lowest BCUT2D eigenvalue weighted by Gasteiger charge is -2.36. The van der Waals surface area contributed by atoms with Crippen LogP contribution in [0.4, 0.5) is 0 Å². The smallest absolute Gasteiger partial charge is 0.253 e. The maximum atomic E-state index is 13.1. The number of amides is 3. The molecule has 2 unspecified atom stereocenters. The van der Waals surface area contributed by atoms with Crippen molar-refractivity contribution in [2.24, 2.45) is 5.92 Å². The second-order valence-corrected chi connectivity index (χ2v) is 9.08. The largest absolute Gasteiger partial charge is 0.352 e. The highest BCUT2D eigenvalue weighted by Crippen LogP contribution is 2.23. The van der Waals surface area contributed by atoms with Crippen LogP contribution in [0.2, 0.25) is 0 Å². The predicted octanol–water partition coefficient (Wildman–Crippen LogP) is 3.87. The molecule has 1 aliphatic heterocycles. The van der Waals surface area contributed by atoms with Gasteiger partial charge in [0.25, 0.3) is 11.8 Å². The highest BCUT2D eigenvalue weighted by atomic mass is 16.2. The quantitative estimate of drug-likeness (QED) is 0.674. The fourth-order valence-electron chi connectivity index (χ4n) is 4.28. The fourth-order valence-corrected chi connectivity index (χ4v) is 4.28. The fraction of sp³-hybridized carbons (Fsp3) is 0.444. The number of nitrogens with zero attached hydrogens (tertiary/aromatic N) is 1. The third-order valence-corrected chi connectivity index (χ3v) is 6.52. The summed E-state index contributed by atoms with van der Waals surface area (Å²) in [6.07, 6.45) is 2.13. The minimum absolute atomic E-state index is 0.0155. The van der Waals surface area contributed by atoms with Crippen molar-refractivity contribution >= 4 is 17.7 Å². The van der Waals surface area contributed by atoms with Crippen molar-refractivity contribution in [3.05, 3.63) is 70.8 Å². The van der Waals surface area contributed by atoms with Crippen LogP contribution >= 0.6 is 0 Å². The average molecular weight is 450 g/mol. The maximum Gasteiger partial charge on any atom is 0.253 e. The minimum atomic E-state index is -0.637. The molecule has 3 amide bonds. The van der Waals surface area contributed by atoms with E-state index in [1.807, 2.05) is 75.1 Å². The molecule has 3 rings (SSSR count). The summed E-state index contributed by atoms with van der Waals surface area (Å²) in [5, 5.41) is 6.03. The van der Waals surface area contributed by atoms with Gasteiger partial charge in [-0.1, -0.05) is 42.8 Å². The molecule has 0 spiro atoms. The van der Waals surface area contributed by atoms with Crippen LogP contribution < -0.4 is 10.6 Å². The van der Waals surface area contributed by atoms with Gasteiger partial charge in [-0.15, -0.1) is 0 Å². The van der Waals surface area contributed by atoms with Crippen LogP contribution in [0, 0.1) is 19.8 Å². The van der Waals surface area contributed by atoms with E-state index in [1.54, 1.807) is 6.07 Å². The van der Waals surface area contributed by atoms with Crippen molar-refractivity contribution in [1.29, 1.82) is 0 Å². The number of likely N-dealkylation sites (tertiary alicyclic amines) is 1. The van der Waals surface area contributed by atoms with Gasteiger partial charge < -0.3 is 15.5 Å². The molecule has 6 nitrogen and oxygen atoms in total. The molecular formula is C27H35N3O3. The summed E-state index contributed by atoms with van der Waals surface area (Å²) in [6, 6.07) is 14.4. The monoisotopic (exact) mass is 449 g/mol. The Labute approximate surface area is 196 Å². The topological polar surface area (TPSA) is 78.5 Å². The zero-order valence-electron chi connectivity index (χ0n) is 20.1. The van der Waals surface area contributed by atoms with Crippen LogP contribution in [0.25, 0.3) is 0 Å². The summed E-state index contributed by atoms with van der Waals surface area (Å²) in [4.78, 5) is 40.9. The summed E-state index contributed by atoms with van der Waals surface area (Å²) >= 11 is 0. The van der Waals surface area contributed by atoms with Gasteiger partial charge >= 0.3 is 0 Å². The number of piperidine rings is 1. The lowest BCUT2D eigenvalue weighted by molar-refractivity contribution is -0.125. The molecule has 1 saturated heterocycles. The molecule has 0 bridgehead atoms. The Bertz CT molecular complexity index is 996. The minimum Gasteiger partial charge on any atom is -0.352 e. The number of benzene rings is 2. The summed E-state index contributed by atoms with van der Waals surface area (Å²) in [7, 11) is 0. The molecule has 1 aliphatic rings. The van der Waals surface area contributed by atoms with Crippen molar-refractivity contribution in [2.45, 2.75) is 59.0 Å². The van der Waals surface area contributed by atoms with Crippen molar-refractivity contribution in [2.75, 3.05) is 13.1 Å². The summed E-state index contributed by atoms with van der Waals surface area (Å²) < 4.78 is 0. The Kier molecular flexibility index (Phi) is 8.26. The van der Waals surface area contributed by atoms with Crippen molar-refractivity contribution in [3.63, 3.8) is 0 Å². The number of hydrogen-bond acceptors (Lipinski definition) is 3. The second kappa shape index (κ2) is 11.1. The molecule has 6 heteroatoms. The lowest BCUT2D eigenvalue weighted by atomic mass is 9.88. The summed E-state index contributed by atoms with van der Waals surface area (Å²) in [5.41, 5.74) is 3.18. The number of carbonyl (C=O) groups is 3. The molecule has 1 heterocycles. The van der Waals surface area contributed by atoms with E-state index < -0.39 is 6.04 Å². The highest BCUT2D eigenvalue weighted by Gasteiger charge is 2.34. The van der Waals surface area contributed by atoms with Crippen LogP contribution in [-0.2, 0) is 4.79 Å². The van der Waals surface area contributed by atoms with E-state index in [1.165, 1.54) is 0 Å². The van der Waals surface area contributed by atoms with Crippen molar-refractivity contribution in [3.8, 4) is 0 Å². The molecule has 2 aromatic rings. The summed E-state index contributed by atoms with van der Waals surface area (Å²) in [5.74, 6) is -0.421. The normalized spacial score (nSPS) is 16.1. The Morgan fingerprint density at radius 3 is 2.33 bits per heavy atom. The van der Waals surface area contributed by atoms with Crippen molar-refractivity contribution in [1.82, 2.24) is 15.5 Å². The van der Waals surface area contributed by atoms with Gasteiger partial charge in [-0.2, -0.15) is 0 Å². The zero-order chi connectivity index (χ0) is 24.0. The number of carbonyl (C=O) groups excluding carboxylic acids is 3. The number of nitrogens with one attached hydrogen (secondary N) is 2. The molecule has 176 valence electrons.